The van der Waals surface area contributed by atoms with Gasteiger partial charge in [0.15, 0.2) is 4.34 Å². The minimum Gasteiger partial charge on any atom is -0.326 e. The Balaban J connectivity index is 1.22. The average Bonchev–Trinajstić information content (AvgIpc) is 3.35. The van der Waals surface area contributed by atoms with Crippen molar-refractivity contribution in [1.29, 1.82) is 0 Å². The highest BCUT2D eigenvalue weighted by Crippen LogP contribution is 2.26. The Morgan fingerprint density at radius 3 is 2.67 bits per heavy atom. The zero-order valence-electron chi connectivity index (χ0n) is 17.1. The van der Waals surface area contributed by atoms with Crippen molar-refractivity contribution in [2.24, 2.45) is 0 Å². The summed E-state index contributed by atoms with van der Waals surface area (Å²) in [6.45, 7) is 0.289. The third-order valence-corrected chi connectivity index (χ3v) is 7.62. The first kappa shape index (κ1) is 23.4. The molecular formula is C21H18ClN5O3S3. The summed E-state index contributed by atoms with van der Waals surface area (Å²) in [5.41, 5.74) is 1.48. The molecule has 0 atom stereocenters. The van der Waals surface area contributed by atoms with Crippen LogP contribution in [-0.2, 0) is 16.1 Å². The minimum atomic E-state index is -0.245. The molecule has 170 valence electrons. The second kappa shape index (κ2) is 10.9. The van der Waals surface area contributed by atoms with Gasteiger partial charge in [-0.25, -0.2) is 0 Å². The molecule has 2 aromatic carbocycles. The fourth-order valence-electron chi connectivity index (χ4n) is 2.96. The highest BCUT2D eigenvalue weighted by molar-refractivity contribution is 8.01. The van der Waals surface area contributed by atoms with Gasteiger partial charge >= 0.3 is 4.87 Å². The number of rotatable bonds is 9. The molecule has 2 aromatic heterocycles. The molecule has 0 radical (unpaired) electrons. The number of thiazole rings is 1. The van der Waals surface area contributed by atoms with Gasteiger partial charge in [-0.15, -0.1) is 10.2 Å². The zero-order valence-corrected chi connectivity index (χ0v) is 20.3. The topological polar surface area (TPSA) is 106 Å². The zero-order chi connectivity index (χ0) is 23.2. The molecule has 4 aromatic rings. The van der Waals surface area contributed by atoms with Crippen LogP contribution >= 0.6 is 46.0 Å². The molecule has 0 bridgehead atoms. The molecule has 33 heavy (non-hydrogen) atoms. The average molecular weight is 520 g/mol. The molecule has 0 aliphatic heterocycles. The fourth-order valence-corrected chi connectivity index (χ4v) is 5.84. The molecule has 0 fully saturated rings. The lowest BCUT2D eigenvalue weighted by molar-refractivity contribution is -0.117. The molecule has 4 rings (SSSR count). The number of nitrogens with one attached hydrogen (secondary N) is 2. The van der Waals surface area contributed by atoms with Crippen molar-refractivity contribution in [1.82, 2.24) is 14.8 Å². The molecule has 2 heterocycles. The van der Waals surface area contributed by atoms with Crippen LogP contribution in [0, 0.1) is 0 Å². The number of anilines is 2. The van der Waals surface area contributed by atoms with Crippen molar-refractivity contribution < 1.29 is 9.59 Å². The van der Waals surface area contributed by atoms with E-state index in [4.69, 9.17) is 11.6 Å². The van der Waals surface area contributed by atoms with Gasteiger partial charge in [0.2, 0.25) is 16.9 Å². The number of thioether (sulfide) groups is 1. The number of carbonyl (C=O) groups is 2. The van der Waals surface area contributed by atoms with E-state index in [1.54, 1.807) is 28.8 Å². The van der Waals surface area contributed by atoms with Crippen molar-refractivity contribution in [2.75, 3.05) is 16.4 Å². The van der Waals surface area contributed by atoms with Crippen LogP contribution in [0.1, 0.15) is 12.8 Å². The molecule has 2 amide bonds. The number of hydrogen-bond donors (Lipinski definition) is 2. The van der Waals surface area contributed by atoms with Gasteiger partial charge in [0.1, 0.15) is 0 Å². The molecule has 0 spiro atoms. The van der Waals surface area contributed by atoms with Gasteiger partial charge in [-0.1, -0.05) is 64.2 Å². The standard InChI is InChI=1S/C21H18ClN5O3S3/c22-13-4-3-5-14(12-13)23-18(29)9-11-31-20-26-25-19(33-20)24-17(28)8-10-27-15-6-1-2-7-16(15)32-21(27)30/h1-7,12H,8-11H2,(H,23,29)(H,24,25,28). The maximum atomic E-state index is 12.3. The summed E-state index contributed by atoms with van der Waals surface area (Å²) < 4.78 is 3.16. The number of aryl methyl sites for hydroxylation is 1. The number of hydrogen-bond acceptors (Lipinski definition) is 8. The van der Waals surface area contributed by atoms with Crippen molar-refractivity contribution in [3.8, 4) is 0 Å². The van der Waals surface area contributed by atoms with E-state index >= 15 is 0 Å². The molecule has 12 heteroatoms. The second-order valence-corrected chi connectivity index (χ2v) is 10.6. The number of nitrogens with zero attached hydrogens (tertiary/aromatic N) is 3. The Labute approximate surface area is 206 Å². The number of amides is 2. The smallest absolute Gasteiger partial charge is 0.308 e. The molecule has 0 aliphatic carbocycles. The summed E-state index contributed by atoms with van der Waals surface area (Å²) in [5.74, 6) is 0.146. The molecule has 0 saturated heterocycles. The molecular weight excluding hydrogens is 502 g/mol. The van der Waals surface area contributed by atoms with Gasteiger partial charge in [0.05, 0.1) is 10.2 Å². The van der Waals surface area contributed by atoms with E-state index in [1.165, 1.54) is 34.4 Å². The van der Waals surface area contributed by atoms with Crippen LogP contribution in [0.25, 0.3) is 10.2 Å². The number of fused-ring (bicyclic) bond motifs is 1. The van der Waals surface area contributed by atoms with Gasteiger partial charge in [0.25, 0.3) is 0 Å². The van der Waals surface area contributed by atoms with Crippen LogP contribution in [0.4, 0.5) is 10.8 Å². The van der Waals surface area contributed by atoms with E-state index in [1.807, 2.05) is 24.3 Å². The highest BCUT2D eigenvalue weighted by Gasteiger charge is 2.12. The van der Waals surface area contributed by atoms with Gasteiger partial charge in [0, 0.05) is 35.8 Å². The van der Waals surface area contributed by atoms with Gasteiger partial charge in [-0.3, -0.25) is 19.0 Å². The number of benzene rings is 2. The minimum absolute atomic E-state index is 0.0852. The Kier molecular flexibility index (Phi) is 7.76. The van der Waals surface area contributed by atoms with E-state index in [0.29, 0.717) is 32.4 Å². The predicted octanol–water partition coefficient (Wildman–Crippen LogP) is 4.72. The number of para-hydroxylation sites is 1. The van der Waals surface area contributed by atoms with Crippen LogP contribution < -0.4 is 15.5 Å². The molecule has 0 unspecified atom stereocenters. The number of halogens is 1. The Morgan fingerprint density at radius 1 is 1.00 bits per heavy atom. The van der Waals surface area contributed by atoms with E-state index in [-0.39, 0.29) is 29.7 Å². The summed E-state index contributed by atoms with van der Waals surface area (Å²) in [6.07, 6.45) is 0.439. The normalized spacial score (nSPS) is 10.9. The molecule has 2 N–H and O–H groups in total. The lowest BCUT2D eigenvalue weighted by Gasteiger charge is -2.04. The van der Waals surface area contributed by atoms with Crippen molar-refractivity contribution in [3.05, 3.63) is 63.2 Å². The Morgan fingerprint density at radius 2 is 1.82 bits per heavy atom. The first-order chi connectivity index (χ1) is 16.0. The Hall–Kier alpha value is -2.73. The SMILES string of the molecule is O=C(CCSc1nnc(NC(=O)CCn2c(=O)sc3ccccc32)s1)Nc1cccc(Cl)c1. The summed E-state index contributed by atoms with van der Waals surface area (Å²) in [4.78, 5) is 36.5. The highest BCUT2D eigenvalue weighted by atomic mass is 35.5. The van der Waals surface area contributed by atoms with Crippen molar-refractivity contribution in [3.63, 3.8) is 0 Å². The first-order valence-corrected chi connectivity index (χ1v) is 12.9. The maximum Gasteiger partial charge on any atom is 0.308 e. The first-order valence-electron chi connectivity index (χ1n) is 9.88. The summed E-state index contributed by atoms with van der Waals surface area (Å²) in [7, 11) is 0. The third-order valence-electron chi connectivity index (χ3n) is 4.45. The largest absolute Gasteiger partial charge is 0.326 e. The van der Waals surface area contributed by atoms with E-state index in [2.05, 4.69) is 20.8 Å². The van der Waals surface area contributed by atoms with Gasteiger partial charge in [-0.2, -0.15) is 0 Å². The van der Waals surface area contributed by atoms with Gasteiger partial charge in [-0.05, 0) is 30.3 Å². The second-order valence-electron chi connectivity index (χ2n) is 6.82. The Bertz CT molecular complexity index is 1350. The van der Waals surface area contributed by atoms with Crippen LogP contribution in [0.5, 0.6) is 0 Å². The summed E-state index contributed by atoms with van der Waals surface area (Å²) in [6, 6.07) is 14.5. The van der Waals surface area contributed by atoms with E-state index < -0.39 is 0 Å². The van der Waals surface area contributed by atoms with Crippen LogP contribution in [0.2, 0.25) is 5.02 Å². The molecule has 8 nitrogen and oxygen atoms in total. The van der Waals surface area contributed by atoms with Crippen molar-refractivity contribution in [2.45, 2.75) is 23.7 Å². The van der Waals surface area contributed by atoms with Gasteiger partial charge < -0.3 is 10.6 Å². The lowest BCUT2D eigenvalue weighted by Crippen LogP contribution is -2.19. The molecule has 0 aliphatic rings. The predicted molar refractivity (Wildman–Crippen MR) is 135 cm³/mol. The van der Waals surface area contributed by atoms with Crippen LogP contribution in [0.3, 0.4) is 0 Å². The number of aromatic nitrogens is 3. The van der Waals surface area contributed by atoms with E-state index in [0.717, 1.165) is 10.2 Å². The lowest BCUT2D eigenvalue weighted by atomic mass is 10.3. The van der Waals surface area contributed by atoms with Crippen LogP contribution in [0.15, 0.2) is 57.7 Å². The quantitative estimate of drug-likeness (QED) is 0.245. The maximum absolute atomic E-state index is 12.3. The summed E-state index contributed by atoms with van der Waals surface area (Å²) in [5, 5.41) is 14.5. The van der Waals surface area contributed by atoms with E-state index in [9.17, 15) is 14.4 Å². The monoisotopic (exact) mass is 519 g/mol. The molecule has 0 saturated carbocycles. The number of carbonyl (C=O) groups excluding carboxylic acids is 2. The third kappa shape index (κ3) is 6.41. The van der Waals surface area contributed by atoms with Crippen LogP contribution in [-0.4, -0.2) is 32.3 Å². The fraction of sp³-hybridized carbons (Fsp3) is 0.190. The summed E-state index contributed by atoms with van der Waals surface area (Å²) >= 11 is 9.71. The van der Waals surface area contributed by atoms with Crippen molar-refractivity contribution >= 4 is 78.9 Å².